The lowest BCUT2D eigenvalue weighted by atomic mass is 9.91. The van der Waals surface area contributed by atoms with Gasteiger partial charge in [0.25, 0.3) is 0 Å². The zero-order valence-electron chi connectivity index (χ0n) is 8.69. The molecule has 1 heterocycles. The number of aliphatic hydroxyl groups is 1. The quantitative estimate of drug-likeness (QED) is 0.721. The first-order valence-corrected chi connectivity index (χ1v) is 5.55. The highest BCUT2D eigenvalue weighted by atomic mass is 19.1. The van der Waals surface area contributed by atoms with Crippen molar-refractivity contribution in [2.24, 2.45) is 0 Å². The number of aliphatic hydroxyl groups excluding tert-OH is 1. The first kappa shape index (κ1) is 10.6. The molecular weight excluding hydrogens is 193 g/mol. The van der Waals surface area contributed by atoms with Crippen LogP contribution in [0.5, 0.6) is 0 Å². The van der Waals surface area contributed by atoms with Crippen molar-refractivity contribution in [3.63, 3.8) is 0 Å². The summed E-state index contributed by atoms with van der Waals surface area (Å²) in [7, 11) is 0. The second-order valence-electron chi connectivity index (χ2n) is 4.27. The Hall–Kier alpha value is -0.960. The molecule has 3 heteroatoms. The van der Waals surface area contributed by atoms with Gasteiger partial charge in [-0.2, -0.15) is 0 Å². The molecule has 1 aliphatic rings. The van der Waals surface area contributed by atoms with E-state index in [1.165, 1.54) is 6.20 Å². The number of rotatable bonds is 1. The third-order valence-corrected chi connectivity index (χ3v) is 3.14. The molecule has 0 spiro atoms. The second kappa shape index (κ2) is 4.71. The molecule has 1 aromatic heterocycles. The van der Waals surface area contributed by atoms with Gasteiger partial charge in [0.1, 0.15) is 5.82 Å². The molecule has 0 saturated heterocycles. The van der Waals surface area contributed by atoms with Crippen molar-refractivity contribution >= 4 is 0 Å². The van der Waals surface area contributed by atoms with E-state index >= 15 is 0 Å². The maximum atomic E-state index is 13.5. The highest BCUT2D eigenvalue weighted by Gasteiger charge is 2.21. The molecule has 2 rings (SSSR count). The summed E-state index contributed by atoms with van der Waals surface area (Å²) in [5.74, 6) is -0.0814. The van der Waals surface area contributed by atoms with Gasteiger partial charge >= 0.3 is 0 Å². The summed E-state index contributed by atoms with van der Waals surface area (Å²) < 4.78 is 13.5. The van der Waals surface area contributed by atoms with E-state index in [-0.39, 0.29) is 17.8 Å². The summed E-state index contributed by atoms with van der Waals surface area (Å²) in [4.78, 5) is 3.74. The minimum Gasteiger partial charge on any atom is -0.393 e. The molecule has 2 atom stereocenters. The third kappa shape index (κ3) is 2.53. The molecule has 0 aliphatic heterocycles. The van der Waals surface area contributed by atoms with E-state index in [2.05, 4.69) is 4.98 Å². The average molecular weight is 209 g/mol. The predicted octanol–water partition coefficient (Wildman–Crippen LogP) is 2.63. The standard InChI is InChI=1S/C12H16FNO/c13-12-8-14-6-5-11(12)9-3-1-2-4-10(15)7-9/h5-6,8-10,15H,1-4,7H2. The molecule has 1 aromatic rings. The van der Waals surface area contributed by atoms with E-state index < -0.39 is 0 Å². The molecule has 2 nitrogen and oxygen atoms in total. The van der Waals surface area contributed by atoms with Crippen LogP contribution in [0.3, 0.4) is 0 Å². The number of nitrogens with zero attached hydrogens (tertiary/aromatic N) is 1. The molecule has 2 unspecified atom stereocenters. The Kier molecular flexibility index (Phi) is 3.31. The molecule has 0 aromatic carbocycles. The van der Waals surface area contributed by atoms with Crippen LogP contribution >= 0.6 is 0 Å². The smallest absolute Gasteiger partial charge is 0.144 e. The van der Waals surface area contributed by atoms with Crippen LogP contribution in [0.1, 0.15) is 43.6 Å². The monoisotopic (exact) mass is 209 g/mol. The van der Waals surface area contributed by atoms with Crippen molar-refractivity contribution in [3.05, 3.63) is 29.8 Å². The minimum atomic E-state index is -0.273. The van der Waals surface area contributed by atoms with Crippen LogP contribution in [0, 0.1) is 5.82 Å². The van der Waals surface area contributed by atoms with Crippen molar-refractivity contribution in [1.82, 2.24) is 4.98 Å². The van der Waals surface area contributed by atoms with Gasteiger partial charge in [-0.3, -0.25) is 4.98 Å². The van der Waals surface area contributed by atoms with Gasteiger partial charge in [0.05, 0.1) is 12.3 Å². The van der Waals surface area contributed by atoms with E-state index in [9.17, 15) is 9.50 Å². The lowest BCUT2D eigenvalue weighted by molar-refractivity contribution is 0.151. The normalized spacial score (nSPS) is 27.3. The number of hydrogen-bond acceptors (Lipinski definition) is 2. The summed E-state index contributed by atoms with van der Waals surface area (Å²) in [6.45, 7) is 0. The van der Waals surface area contributed by atoms with Gasteiger partial charge < -0.3 is 5.11 Å². The van der Waals surface area contributed by atoms with Crippen LogP contribution in [-0.4, -0.2) is 16.2 Å². The van der Waals surface area contributed by atoms with Gasteiger partial charge in [0.15, 0.2) is 0 Å². The predicted molar refractivity (Wildman–Crippen MR) is 56.0 cm³/mol. The maximum Gasteiger partial charge on any atom is 0.144 e. The van der Waals surface area contributed by atoms with Gasteiger partial charge in [-0.05, 0) is 36.8 Å². The fourth-order valence-corrected chi connectivity index (χ4v) is 2.33. The van der Waals surface area contributed by atoms with Crippen molar-refractivity contribution < 1.29 is 9.50 Å². The fourth-order valence-electron chi connectivity index (χ4n) is 2.33. The van der Waals surface area contributed by atoms with Crippen molar-refractivity contribution in [1.29, 1.82) is 0 Å². The first-order chi connectivity index (χ1) is 7.27. The Morgan fingerprint density at radius 3 is 2.93 bits per heavy atom. The van der Waals surface area contributed by atoms with Gasteiger partial charge in [-0.25, -0.2) is 4.39 Å². The van der Waals surface area contributed by atoms with E-state index in [1.807, 2.05) is 0 Å². The molecule has 0 bridgehead atoms. The maximum absolute atomic E-state index is 13.5. The Balaban J connectivity index is 2.18. The highest BCUT2D eigenvalue weighted by molar-refractivity contribution is 5.18. The third-order valence-electron chi connectivity index (χ3n) is 3.14. The lowest BCUT2D eigenvalue weighted by Gasteiger charge is -2.17. The second-order valence-corrected chi connectivity index (χ2v) is 4.27. The SMILES string of the molecule is OC1CCCCC(c2ccncc2F)C1. The molecule has 1 N–H and O–H groups in total. The first-order valence-electron chi connectivity index (χ1n) is 5.55. The molecule has 15 heavy (non-hydrogen) atoms. The Bertz CT molecular complexity index is 329. The van der Waals surface area contributed by atoms with Crippen molar-refractivity contribution in [3.8, 4) is 0 Å². The highest BCUT2D eigenvalue weighted by Crippen LogP contribution is 2.32. The van der Waals surface area contributed by atoms with E-state index in [4.69, 9.17) is 0 Å². The summed E-state index contributed by atoms with van der Waals surface area (Å²) in [5.41, 5.74) is 0.714. The molecule has 82 valence electrons. The Morgan fingerprint density at radius 2 is 2.13 bits per heavy atom. The minimum absolute atomic E-state index is 0.158. The molecule has 1 aliphatic carbocycles. The van der Waals surface area contributed by atoms with Crippen LogP contribution in [0.15, 0.2) is 18.5 Å². The zero-order valence-corrected chi connectivity index (χ0v) is 8.69. The van der Waals surface area contributed by atoms with Gasteiger partial charge in [-0.1, -0.05) is 12.8 Å². The van der Waals surface area contributed by atoms with E-state index in [0.717, 1.165) is 25.7 Å². The van der Waals surface area contributed by atoms with Gasteiger partial charge in [0, 0.05) is 6.20 Å². The molecule has 0 amide bonds. The van der Waals surface area contributed by atoms with Crippen LogP contribution in [0.4, 0.5) is 4.39 Å². The summed E-state index contributed by atoms with van der Waals surface area (Å²) in [5, 5.41) is 9.67. The average Bonchev–Trinajstić information content (AvgIpc) is 2.43. The Morgan fingerprint density at radius 1 is 1.33 bits per heavy atom. The lowest BCUT2D eigenvalue weighted by Crippen LogP contribution is -2.10. The number of hydrogen-bond donors (Lipinski definition) is 1. The van der Waals surface area contributed by atoms with Gasteiger partial charge in [0.2, 0.25) is 0 Å². The van der Waals surface area contributed by atoms with Crippen LogP contribution < -0.4 is 0 Å². The van der Waals surface area contributed by atoms with Crippen LogP contribution in [-0.2, 0) is 0 Å². The van der Waals surface area contributed by atoms with Crippen LogP contribution in [0.25, 0.3) is 0 Å². The van der Waals surface area contributed by atoms with Gasteiger partial charge in [-0.15, -0.1) is 0 Å². The molecular formula is C12H16FNO. The van der Waals surface area contributed by atoms with E-state index in [1.54, 1.807) is 12.3 Å². The zero-order chi connectivity index (χ0) is 10.7. The topological polar surface area (TPSA) is 33.1 Å². The molecule has 1 fully saturated rings. The largest absolute Gasteiger partial charge is 0.393 e. The summed E-state index contributed by atoms with van der Waals surface area (Å²) in [6, 6.07) is 1.73. The number of pyridine rings is 1. The molecule has 1 saturated carbocycles. The van der Waals surface area contributed by atoms with Crippen molar-refractivity contribution in [2.45, 2.75) is 44.1 Å². The van der Waals surface area contributed by atoms with Crippen molar-refractivity contribution in [2.75, 3.05) is 0 Å². The summed E-state index contributed by atoms with van der Waals surface area (Å²) >= 11 is 0. The van der Waals surface area contributed by atoms with E-state index in [0.29, 0.717) is 12.0 Å². The number of halogens is 1. The summed E-state index contributed by atoms with van der Waals surface area (Å²) in [6.07, 6.45) is 7.23. The Labute approximate surface area is 89.2 Å². The molecule has 0 radical (unpaired) electrons. The fraction of sp³-hybridized carbons (Fsp3) is 0.583. The van der Waals surface area contributed by atoms with Crippen LogP contribution in [0.2, 0.25) is 0 Å². The number of aromatic nitrogens is 1.